The van der Waals surface area contributed by atoms with E-state index in [1.165, 1.54) is 27.5 Å². The molecule has 1 unspecified atom stereocenters. The predicted molar refractivity (Wildman–Crippen MR) is 87.2 cm³/mol. The molecule has 0 fully saturated rings. The Morgan fingerprint density at radius 1 is 0.800 bits per heavy atom. The maximum Gasteiger partial charge on any atom is -0.0149 e. The van der Waals surface area contributed by atoms with Gasteiger partial charge in [-0.2, -0.15) is 0 Å². The largest absolute Gasteiger partial charge is 0.0622 e. The quantitative estimate of drug-likeness (QED) is 0.583. The number of rotatable bonds is 3. The first kappa shape index (κ1) is 12.9. The van der Waals surface area contributed by atoms with Crippen LogP contribution < -0.4 is 0 Å². The monoisotopic (exact) mass is 260 g/mol. The molecule has 1 atom stereocenters. The van der Waals surface area contributed by atoms with Gasteiger partial charge in [0.2, 0.25) is 0 Å². The lowest BCUT2D eigenvalue weighted by Gasteiger charge is -2.16. The molecule has 0 aliphatic carbocycles. The van der Waals surface area contributed by atoms with Gasteiger partial charge < -0.3 is 0 Å². The van der Waals surface area contributed by atoms with E-state index in [9.17, 15) is 0 Å². The van der Waals surface area contributed by atoms with Crippen LogP contribution in [0.1, 0.15) is 29.5 Å². The maximum atomic E-state index is 2.32. The standard InChI is InChI=1S/C20H20/c1-15-12-13-18-10-6-7-11-19(18)20(15)14-16(2)17-8-4-3-5-9-17/h3-13,16H,14H2,1-2H3. The van der Waals surface area contributed by atoms with Crippen molar-refractivity contribution in [2.45, 2.75) is 26.2 Å². The molecule has 0 aliphatic rings. The molecule has 0 saturated heterocycles. The number of hydrogen-bond acceptors (Lipinski definition) is 0. The summed E-state index contributed by atoms with van der Waals surface area (Å²) in [4.78, 5) is 0. The number of fused-ring (bicyclic) bond motifs is 1. The highest BCUT2D eigenvalue weighted by Gasteiger charge is 2.10. The van der Waals surface area contributed by atoms with Crippen LogP contribution >= 0.6 is 0 Å². The lowest BCUT2D eigenvalue weighted by molar-refractivity contribution is 0.760. The molecule has 3 aromatic carbocycles. The fourth-order valence-electron chi connectivity index (χ4n) is 2.92. The van der Waals surface area contributed by atoms with Crippen molar-refractivity contribution in [3.05, 3.63) is 83.4 Å². The van der Waals surface area contributed by atoms with Gasteiger partial charge in [0.15, 0.2) is 0 Å². The summed E-state index contributed by atoms with van der Waals surface area (Å²) in [6.45, 7) is 4.54. The van der Waals surface area contributed by atoms with Crippen molar-refractivity contribution < 1.29 is 0 Å². The van der Waals surface area contributed by atoms with E-state index in [1.807, 2.05) is 0 Å². The third-order valence-electron chi connectivity index (χ3n) is 4.15. The van der Waals surface area contributed by atoms with Gasteiger partial charge in [0, 0.05) is 0 Å². The Labute approximate surface area is 121 Å². The molecule has 0 amide bonds. The number of hydrogen-bond donors (Lipinski definition) is 0. The molecule has 3 aromatic rings. The molecule has 0 heteroatoms. The first-order chi connectivity index (χ1) is 9.75. The van der Waals surface area contributed by atoms with E-state index in [0.717, 1.165) is 6.42 Å². The lowest BCUT2D eigenvalue weighted by atomic mass is 9.89. The van der Waals surface area contributed by atoms with Gasteiger partial charge in [-0.3, -0.25) is 0 Å². The minimum absolute atomic E-state index is 0.542. The molecule has 0 heterocycles. The van der Waals surface area contributed by atoms with E-state index in [2.05, 4.69) is 80.6 Å². The molecule has 3 rings (SSSR count). The van der Waals surface area contributed by atoms with Crippen LogP contribution in [0.5, 0.6) is 0 Å². The number of benzene rings is 3. The second-order valence-corrected chi connectivity index (χ2v) is 5.60. The molecular weight excluding hydrogens is 240 g/mol. The van der Waals surface area contributed by atoms with E-state index in [-0.39, 0.29) is 0 Å². The van der Waals surface area contributed by atoms with Crippen molar-refractivity contribution in [3.63, 3.8) is 0 Å². The maximum absolute atomic E-state index is 2.32. The van der Waals surface area contributed by atoms with Crippen LogP contribution in [0.15, 0.2) is 66.7 Å². The molecule has 0 bridgehead atoms. The summed E-state index contributed by atoms with van der Waals surface area (Å²) >= 11 is 0. The summed E-state index contributed by atoms with van der Waals surface area (Å²) in [5.41, 5.74) is 4.30. The Morgan fingerprint density at radius 2 is 1.50 bits per heavy atom. The Hall–Kier alpha value is -2.08. The van der Waals surface area contributed by atoms with Crippen molar-refractivity contribution in [1.29, 1.82) is 0 Å². The Kier molecular flexibility index (Phi) is 3.56. The molecule has 0 aliphatic heterocycles. The van der Waals surface area contributed by atoms with Crippen molar-refractivity contribution >= 4 is 10.8 Å². The molecule has 0 radical (unpaired) electrons. The van der Waals surface area contributed by atoms with E-state index < -0.39 is 0 Å². The van der Waals surface area contributed by atoms with Crippen LogP contribution in [0.25, 0.3) is 10.8 Å². The molecular formula is C20H20. The molecule has 100 valence electrons. The third-order valence-corrected chi connectivity index (χ3v) is 4.15. The van der Waals surface area contributed by atoms with E-state index in [0.29, 0.717) is 5.92 Å². The summed E-state index contributed by atoms with van der Waals surface area (Å²) in [6, 6.07) is 24.0. The van der Waals surface area contributed by atoms with Gasteiger partial charge in [-0.1, -0.05) is 73.7 Å². The SMILES string of the molecule is Cc1ccc2ccccc2c1CC(C)c1ccccc1. The van der Waals surface area contributed by atoms with Gasteiger partial charge in [0.1, 0.15) is 0 Å². The second kappa shape index (κ2) is 5.50. The Morgan fingerprint density at radius 3 is 2.30 bits per heavy atom. The van der Waals surface area contributed by atoms with Crippen LogP contribution in [-0.4, -0.2) is 0 Å². The second-order valence-electron chi connectivity index (χ2n) is 5.60. The van der Waals surface area contributed by atoms with Gasteiger partial charge in [0.05, 0.1) is 0 Å². The van der Waals surface area contributed by atoms with Crippen molar-refractivity contribution in [1.82, 2.24) is 0 Å². The zero-order valence-electron chi connectivity index (χ0n) is 12.1. The molecule has 0 aromatic heterocycles. The zero-order chi connectivity index (χ0) is 13.9. The summed E-state index contributed by atoms with van der Waals surface area (Å²) in [7, 11) is 0. The van der Waals surface area contributed by atoms with Crippen LogP contribution in [0.3, 0.4) is 0 Å². The Balaban J connectivity index is 2.00. The minimum atomic E-state index is 0.542. The van der Waals surface area contributed by atoms with Gasteiger partial charge >= 0.3 is 0 Å². The highest BCUT2D eigenvalue weighted by atomic mass is 14.1. The predicted octanol–water partition coefficient (Wildman–Crippen LogP) is 5.49. The zero-order valence-corrected chi connectivity index (χ0v) is 12.1. The van der Waals surface area contributed by atoms with Crippen molar-refractivity contribution in [3.8, 4) is 0 Å². The molecule has 0 N–H and O–H groups in total. The van der Waals surface area contributed by atoms with Gasteiger partial charge in [-0.05, 0) is 46.7 Å². The fourth-order valence-corrected chi connectivity index (χ4v) is 2.92. The highest BCUT2D eigenvalue weighted by Crippen LogP contribution is 2.28. The number of aryl methyl sites for hydroxylation is 1. The van der Waals surface area contributed by atoms with E-state index in [4.69, 9.17) is 0 Å². The Bertz CT molecular complexity index is 710. The normalized spacial score (nSPS) is 12.5. The van der Waals surface area contributed by atoms with E-state index in [1.54, 1.807) is 0 Å². The summed E-state index contributed by atoms with van der Waals surface area (Å²) in [5.74, 6) is 0.542. The topological polar surface area (TPSA) is 0 Å². The van der Waals surface area contributed by atoms with Crippen LogP contribution in [0, 0.1) is 6.92 Å². The van der Waals surface area contributed by atoms with Crippen LogP contribution in [0.4, 0.5) is 0 Å². The third kappa shape index (κ3) is 2.46. The van der Waals surface area contributed by atoms with Crippen LogP contribution in [0.2, 0.25) is 0 Å². The molecule has 20 heavy (non-hydrogen) atoms. The fraction of sp³-hybridized carbons (Fsp3) is 0.200. The van der Waals surface area contributed by atoms with Gasteiger partial charge in [-0.25, -0.2) is 0 Å². The van der Waals surface area contributed by atoms with Crippen molar-refractivity contribution in [2.24, 2.45) is 0 Å². The first-order valence-corrected chi connectivity index (χ1v) is 7.28. The summed E-state index contributed by atoms with van der Waals surface area (Å²) in [5, 5.41) is 2.74. The lowest BCUT2D eigenvalue weighted by Crippen LogP contribution is -2.01. The molecule has 0 spiro atoms. The smallest absolute Gasteiger partial charge is 0.0149 e. The summed E-state index contributed by atoms with van der Waals surface area (Å²) < 4.78 is 0. The minimum Gasteiger partial charge on any atom is -0.0622 e. The van der Waals surface area contributed by atoms with Gasteiger partial charge in [0.25, 0.3) is 0 Å². The molecule has 0 saturated carbocycles. The first-order valence-electron chi connectivity index (χ1n) is 7.28. The average molecular weight is 260 g/mol. The average Bonchev–Trinajstić information content (AvgIpc) is 2.51. The molecule has 0 nitrogen and oxygen atoms in total. The highest BCUT2D eigenvalue weighted by molar-refractivity contribution is 5.86. The van der Waals surface area contributed by atoms with E-state index >= 15 is 0 Å². The van der Waals surface area contributed by atoms with Crippen LogP contribution in [-0.2, 0) is 6.42 Å². The van der Waals surface area contributed by atoms with Gasteiger partial charge in [-0.15, -0.1) is 0 Å². The van der Waals surface area contributed by atoms with Crippen molar-refractivity contribution in [2.75, 3.05) is 0 Å². The summed E-state index contributed by atoms with van der Waals surface area (Å²) in [6.07, 6.45) is 1.09.